The van der Waals surface area contributed by atoms with Gasteiger partial charge in [0.2, 0.25) is 0 Å². The summed E-state index contributed by atoms with van der Waals surface area (Å²) < 4.78 is 52.0. The maximum Gasteiger partial charge on any atom is 0.263 e. The maximum absolute atomic E-state index is 13.0. The largest absolute Gasteiger partial charge is 0.263 e. The molecule has 1 heterocycles. The number of sulfonamides is 1. The Labute approximate surface area is 194 Å². The lowest BCUT2D eigenvalue weighted by Crippen LogP contribution is -2.16. The van der Waals surface area contributed by atoms with E-state index in [0.717, 1.165) is 22.1 Å². The van der Waals surface area contributed by atoms with Crippen LogP contribution in [0.25, 0.3) is 22.0 Å². The number of hydrogen-bond acceptors (Lipinski definition) is 5. The molecule has 0 radical (unpaired) electrons. The molecule has 0 unspecified atom stereocenters. The van der Waals surface area contributed by atoms with E-state index in [1.165, 1.54) is 6.26 Å². The van der Waals surface area contributed by atoms with E-state index in [1.54, 1.807) is 44.2 Å². The van der Waals surface area contributed by atoms with E-state index in [4.69, 9.17) is 0 Å². The Hall–Kier alpha value is -3.23. The third kappa shape index (κ3) is 4.77. The molecule has 170 valence electrons. The standard InChI is InChI=1S/C25H24N2O4S2/c1-16-13-17(2)25(18(3)14-16)33(30,31)27-24-12-8-21-15-20(7-11-23(21)26-24)19-5-9-22(10-6-19)32(4,28)29/h5-15H,1-4H3,(H,26,27). The average molecular weight is 481 g/mol. The zero-order valence-electron chi connectivity index (χ0n) is 18.7. The molecular formula is C25H24N2O4S2. The number of sulfone groups is 1. The number of nitrogens with zero attached hydrogens (tertiary/aromatic N) is 1. The molecule has 8 heteroatoms. The van der Waals surface area contributed by atoms with E-state index in [2.05, 4.69) is 9.71 Å². The van der Waals surface area contributed by atoms with Gasteiger partial charge in [-0.3, -0.25) is 4.72 Å². The molecule has 1 N–H and O–H groups in total. The average Bonchev–Trinajstić information content (AvgIpc) is 2.71. The van der Waals surface area contributed by atoms with Gasteiger partial charge in [0.25, 0.3) is 10.0 Å². The molecule has 4 aromatic rings. The topological polar surface area (TPSA) is 93.2 Å². The molecular weight excluding hydrogens is 456 g/mol. The first-order valence-corrected chi connectivity index (χ1v) is 13.6. The molecule has 0 aliphatic rings. The number of anilines is 1. The first kappa shape index (κ1) is 22.9. The second-order valence-corrected chi connectivity index (χ2v) is 11.9. The number of hydrogen-bond donors (Lipinski definition) is 1. The minimum absolute atomic E-state index is 0.243. The molecule has 0 aliphatic carbocycles. The van der Waals surface area contributed by atoms with Gasteiger partial charge in [-0.15, -0.1) is 0 Å². The molecule has 0 saturated carbocycles. The van der Waals surface area contributed by atoms with Gasteiger partial charge in [-0.05, 0) is 79.4 Å². The van der Waals surface area contributed by atoms with Crippen LogP contribution in [-0.4, -0.2) is 28.1 Å². The Bertz CT molecular complexity index is 1570. The van der Waals surface area contributed by atoms with Gasteiger partial charge >= 0.3 is 0 Å². The first-order valence-electron chi connectivity index (χ1n) is 10.3. The van der Waals surface area contributed by atoms with Gasteiger partial charge in [-0.25, -0.2) is 21.8 Å². The Morgan fingerprint density at radius 1 is 0.727 bits per heavy atom. The summed E-state index contributed by atoms with van der Waals surface area (Å²) in [5.41, 5.74) is 4.81. The van der Waals surface area contributed by atoms with Crippen LogP contribution in [0.2, 0.25) is 0 Å². The van der Waals surface area contributed by atoms with Crippen LogP contribution >= 0.6 is 0 Å². The number of nitrogens with one attached hydrogen (secondary N) is 1. The van der Waals surface area contributed by atoms with E-state index in [9.17, 15) is 16.8 Å². The molecule has 0 aliphatic heterocycles. The summed E-state index contributed by atoms with van der Waals surface area (Å²) >= 11 is 0. The van der Waals surface area contributed by atoms with Crippen LogP contribution < -0.4 is 4.72 Å². The van der Waals surface area contributed by atoms with Crippen LogP contribution in [0.1, 0.15) is 16.7 Å². The summed E-state index contributed by atoms with van der Waals surface area (Å²) in [5.74, 6) is 0.243. The second kappa shape index (κ2) is 8.28. The van der Waals surface area contributed by atoms with Gasteiger partial charge in [0, 0.05) is 11.6 Å². The highest BCUT2D eigenvalue weighted by atomic mass is 32.2. The Kier molecular flexibility index (Phi) is 5.76. The van der Waals surface area contributed by atoms with Crippen molar-refractivity contribution in [1.82, 2.24) is 4.98 Å². The predicted octanol–water partition coefficient (Wildman–Crippen LogP) is 5.03. The summed E-state index contributed by atoms with van der Waals surface area (Å²) in [5, 5.41) is 0.838. The fourth-order valence-electron chi connectivity index (χ4n) is 4.04. The highest BCUT2D eigenvalue weighted by molar-refractivity contribution is 7.92. The third-order valence-electron chi connectivity index (χ3n) is 5.42. The van der Waals surface area contributed by atoms with Gasteiger partial charge < -0.3 is 0 Å². The Morgan fingerprint density at radius 3 is 1.94 bits per heavy atom. The van der Waals surface area contributed by atoms with Crippen LogP contribution in [0, 0.1) is 20.8 Å². The van der Waals surface area contributed by atoms with Gasteiger partial charge in [0.05, 0.1) is 15.3 Å². The first-order chi connectivity index (χ1) is 15.4. The van der Waals surface area contributed by atoms with Crippen LogP contribution in [0.15, 0.2) is 76.5 Å². The molecule has 0 amide bonds. The lowest BCUT2D eigenvalue weighted by molar-refractivity contribution is 0.598. The molecule has 0 fully saturated rings. The summed E-state index contributed by atoms with van der Waals surface area (Å²) in [6, 6.07) is 19.5. The molecule has 1 aromatic heterocycles. The summed E-state index contributed by atoms with van der Waals surface area (Å²) in [4.78, 5) is 5.01. The molecule has 4 rings (SSSR count). The van der Waals surface area contributed by atoms with Crippen molar-refractivity contribution < 1.29 is 16.8 Å². The summed E-state index contributed by atoms with van der Waals surface area (Å²) in [6.45, 7) is 5.50. The minimum Gasteiger partial charge on any atom is -0.263 e. The van der Waals surface area contributed by atoms with Crippen molar-refractivity contribution in [1.29, 1.82) is 0 Å². The fourth-order valence-corrected chi connectivity index (χ4v) is 6.12. The Morgan fingerprint density at radius 2 is 1.33 bits per heavy atom. The third-order valence-corrected chi connectivity index (χ3v) is 8.21. The lowest BCUT2D eigenvalue weighted by Gasteiger charge is -2.14. The monoisotopic (exact) mass is 480 g/mol. The number of rotatable bonds is 5. The number of aryl methyl sites for hydroxylation is 3. The van der Waals surface area contributed by atoms with Crippen LogP contribution in [-0.2, 0) is 19.9 Å². The molecule has 0 atom stereocenters. The van der Waals surface area contributed by atoms with Crippen molar-refractivity contribution in [2.75, 3.05) is 11.0 Å². The van der Waals surface area contributed by atoms with Gasteiger partial charge in [-0.2, -0.15) is 0 Å². The minimum atomic E-state index is -3.79. The van der Waals surface area contributed by atoms with Crippen molar-refractivity contribution in [2.24, 2.45) is 0 Å². The van der Waals surface area contributed by atoms with E-state index in [1.807, 2.05) is 43.3 Å². The zero-order chi connectivity index (χ0) is 24.0. The second-order valence-electron chi connectivity index (χ2n) is 8.23. The molecule has 3 aromatic carbocycles. The SMILES string of the molecule is Cc1cc(C)c(S(=O)(=O)Nc2ccc3cc(-c4ccc(S(C)(=O)=O)cc4)ccc3n2)c(C)c1. The van der Waals surface area contributed by atoms with Crippen LogP contribution in [0.3, 0.4) is 0 Å². The maximum atomic E-state index is 13.0. The molecule has 0 spiro atoms. The number of benzene rings is 3. The van der Waals surface area contributed by atoms with Crippen molar-refractivity contribution in [2.45, 2.75) is 30.6 Å². The fraction of sp³-hybridized carbons (Fsp3) is 0.160. The van der Waals surface area contributed by atoms with Gasteiger partial charge in [0.15, 0.2) is 9.84 Å². The van der Waals surface area contributed by atoms with Crippen LogP contribution in [0.4, 0.5) is 5.82 Å². The molecule has 6 nitrogen and oxygen atoms in total. The number of pyridine rings is 1. The quantitative estimate of drug-likeness (QED) is 0.432. The smallest absolute Gasteiger partial charge is 0.263 e. The predicted molar refractivity (Wildman–Crippen MR) is 132 cm³/mol. The van der Waals surface area contributed by atoms with Crippen molar-refractivity contribution >= 4 is 36.6 Å². The highest BCUT2D eigenvalue weighted by Gasteiger charge is 2.20. The normalized spacial score (nSPS) is 12.1. The zero-order valence-corrected chi connectivity index (χ0v) is 20.4. The molecule has 0 saturated heterocycles. The Balaban J connectivity index is 1.65. The molecule has 33 heavy (non-hydrogen) atoms. The number of aromatic nitrogens is 1. The van der Waals surface area contributed by atoms with Crippen molar-refractivity contribution in [3.8, 4) is 11.1 Å². The summed E-state index contributed by atoms with van der Waals surface area (Å²) in [7, 11) is -7.04. The van der Waals surface area contributed by atoms with Gasteiger partial charge in [0.1, 0.15) is 5.82 Å². The molecule has 0 bridgehead atoms. The van der Waals surface area contributed by atoms with Crippen LogP contribution in [0.5, 0.6) is 0 Å². The van der Waals surface area contributed by atoms with E-state index < -0.39 is 19.9 Å². The lowest BCUT2D eigenvalue weighted by atomic mass is 10.0. The van der Waals surface area contributed by atoms with Gasteiger partial charge in [-0.1, -0.05) is 35.9 Å². The van der Waals surface area contributed by atoms with E-state index >= 15 is 0 Å². The number of fused-ring (bicyclic) bond motifs is 1. The van der Waals surface area contributed by atoms with Crippen molar-refractivity contribution in [3.63, 3.8) is 0 Å². The van der Waals surface area contributed by atoms with Crippen molar-refractivity contribution in [3.05, 3.63) is 83.4 Å². The van der Waals surface area contributed by atoms with E-state index in [-0.39, 0.29) is 15.6 Å². The summed E-state index contributed by atoms with van der Waals surface area (Å²) in [6.07, 6.45) is 1.18. The highest BCUT2D eigenvalue weighted by Crippen LogP contribution is 2.27. The van der Waals surface area contributed by atoms with E-state index in [0.29, 0.717) is 16.6 Å².